The fraction of sp³-hybridized carbons (Fsp3) is 0.308. The lowest BCUT2D eigenvalue weighted by Crippen LogP contribution is -2.38. The van der Waals surface area contributed by atoms with E-state index in [-0.39, 0.29) is 17.4 Å². The van der Waals surface area contributed by atoms with E-state index in [1.54, 1.807) is 17.0 Å². The van der Waals surface area contributed by atoms with Crippen molar-refractivity contribution < 1.29 is 23.8 Å². The number of furan rings is 1. The van der Waals surface area contributed by atoms with Crippen LogP contribution < -0.4 is 4.74 Å². The zero-order valence-corrected chi connectivity index (χ0v) is 17.9. The number of nitrogens with zero attached hydrogens (tertiary/aromatic N) is 1. The molecular formula is C26H25NO5. The molecule has 6 heteroatoms. The molecule has 0 spiro atoms. The van der Waals surface area contributed by atoms with Gasteiger partial charge in [0.25, 0.3) is 5.91 Å². The number of hydrogen-bond donors (Lipinski definition) is 1. The highest BCUT2D eigenvalue weighted by Gasteiger charge is 2.47. The van der Waals surface area contributed by atoms with Gasteiger partial charge in [-0.2, -0.15) is 0 Å². The number of aliphatic hydroxyl groups excluding tert-OH is 1. The van der Waals surface area contributed by atoms with Crippen LogP contribution >= 0.6 is 0 Å². The van der Waals surface area contributed by atoms with Crippen LogP contribution in [0.15, 0.2) is 70.3 Å². The van der Waals surface area contributed by atoms with Crippen LogP contribution in [0.25, 0.3) is 11.0 Å². The molecule has 2 aromatic carbocycles. The molecule has 3 aromatic rings. The summed E-state index contributed by atoms with van der Waals surface area (Å²) >= 11 is 0. The minimum Gasteiger partial charge on any atom is -0.503 e. The maximum Gasteiger partial charge on any atom is 0.290 e. The lowest BCUT2D eigenvalue weighted by Gasteiger charge is -2.32. The first-order valence-corrected chi connectivity index (χ1v) is 11.1. The third kappa shape index (κ3) is 3.36. The van der Waals surface area contributed by atoms with E-state index in [1.165, 1.54) is 0 Å². The Balaban J connectivity index is 1.61. The third-order valence-corrected chi connectivity index (χ3v) is 6.34. The molecule has 1 unspecified atom stereocenters. The summed E-state index contributed by atoms with van der Waals surface area (Å²) in [7, 11) is 0. The number of para-hydroxylation sites is 1. The molecule has 1 fully saturated rings. The zero-order valence-electron chi connectivity index (χ0n) is 17.9. The molecule has 32 heavy (non-hydrogen) atoms. The van der Waals surface area contributed by atoms with Crippen LogP contribution in [-0.2, 0) is 4.79 Å². The molecule has 6 nitrogen and oxygen atoms in total. The highest BCUT2D eigenvalue weighted by atomic mass is 16.5. The Morgan fingerprint density at radius 3 is 2.66 bits per heavy atom. The number of carbonyl (C=O) groups excluding carboxylic acids is 2. The second-order valence-corrected chi connectivity index (χ2v) is 8.30. The van der Waals surface area contributed by atoms with Gasteiger partial charge in [0.05, 0.1) is 18.2 Å². The van der Waals surface area contributed by atoms with E-state index in [4.69, 9.17) is 9.15 Å². The molecule has 0 radical (unpaired) electrons. The van der Waals surface area contributed by atoms with Crippen molar-refractivity contribution in [2.75, 3.05) is 6.61 Å². The second kappa shape index (κ2) is 8.19. The molecule has 1 N–H and O–H groups in total. The van der Waals surface area contributed by atoms with E-state index in [2.05, 4.69) is 0 Å². The van der Waals surface area contributed by atoms with E-state index in [0.717, 1.165) is 36.6 Å². The van der Waals surface area contributed by atoms with Crippen molar-refractivity contribution in [1.82, 2.24) is 4.90 Å². The number of carbonyl (C=O) groups is 2. The topological polar surface area (TPSA) is 80.0 Å². The fourth-order valence-electron chi connectivity index (χ4n) is 4.91. The smallest absolute Gasteiger partial charge is 0.290 e. The van der Waals surface area contributed by atoms with Crippen molar-refractivity contribution in [3.63, 3.8) is 0 Å². The van der Waals surface area contributed by atoms with Crippen LogP contribution in [0.4, 0.5) is 0 Å². The quantitative estimate of drug-likeness (QED) is 0.532. The van der Waals surface area contributed by atoms with Crippen LogP contribution in [0.2, 0.25) is 0 Å². The fourth-order valence-corrected chi connectivity index (χ4v) is 4.91. The number of hydrogen-bond acceptors (Lipinski definition) is 5. The number of aliphatic hydroxyl groups is 1. The van der Waals surface area contributed by atoms with Crippen LogP contribution in [0.5, 0.6) is 5.75 Å². The monoisotopic (exact) mass is 431 g/mol. The summed E-state index contributed by atoms with van der Waals surface area (Å²) in [5.74, 6) is -0.692. The molecule has 0 bridgehead atoms. The lowest BCUT2D eigenvalue weighted by molar-refractivity contribution is -0.131. The molecule has 164 valence electrons. The molecule has 1 aliphatic carbocycles. The summed E-state index contributed by atoms with van der Waals surface area (Å²) in [5.41, 5.74) is 1.39. The van der Waals surface area contributed by atoms with Gasteiger partial charge in [0.1, 0.15) is 11.3 Å². The summed E-state index contributed by atoms with van der Waals surface area (Å²) in [6.45, 7) is 2.41. The van der Waals surface area contributed by atoms with Crippen LogP contribution in [0, 0.1) is 0 Å². The maximum atomic E-state index is 13.6. The van der Waals surface area contributed by atoms with E-state index < -0.39 is 23.5 Å². The van der Waals surface area contributed by atoms with E-state index in [0.29, 0.717) is 17.9 Å². The predicted octanol–water partition coefficient (Wildman–Crippen LogP) is 5.35. The van der Waals surface area contributed by atoms with Gasteiger partial charge in [-0.25, -0.2) is 0 Å². The first-order chi connectivity index (χ1) is 15.6. The largest absolute Gasteiger partial charge is 0.503 e. The Hall–Kier alpha value is -3.54. The summed E-state index contributed by atoms with van der Waals surface area (Å²) in [4.78, 5) is 28.5. The van der Waals surface area contributed by atoms with Gasteiger partial charge in [0.15, 0.2) is 11.5 Å². The molecule has 1 aliphatic heterocycles. The third-order valence-electron chi connectivity index (χ3n) is 6.34. The van der Waals surface area contributed by atoms with Gasteiger partial charge in [0, 0.05) is 11.4 Å². The number of rotatable bonds is 6. The molecule has 5 rings (SSSR count). The van der Waals surface area contributed by atoms with E-state index in [9.17, 15) is 14.7 Å². The van der Waals surface area contributed by atoms with Gasteiger partial charge in [-0.15, -0.1) is 0 Å². The van der Waals surface area contributed by atoms with Gasteiger partial charge in [-0.3, -0.25) is 9.59 Å². The minimum absolute atomic E-state index is 0.0219. The molecule has 1 saturated carbocycles. The molecule has 1 aromatic heterocycles. The predicted molar refractivity (Wildman–Crippen MR) is 120 cm³/mol. The number of ketones is 1. The Morgan fingerprint density at radius 1 is 1.12 bits per heavy atom. The van der Waals surface area contributed by atoms with E-state index >= 15 is 0 Å². The number of amides is 1. The molecule has 0 saturated heterocycles. The Labute approximate surface area is 186 Å². The lowest BCUT2D eigenvalue weighted by atomic mass is 9.94. The maximum absolute atomic E-state index is 13.6. The highest BCUT2D eigenvalue weighted by Crippen LogP contribution is 2.44. The Bertz CT molecular complexity index is 1180. The summed E-state index contributed by atoms with van der Waals surface area (Å²) in [6, 6.07) is 15.7. The minimum atomic E-state index is -0.688. The molecule has 1 amide bonds. The molecule has 1 atom stereocenters. The van der Waals surface area contributed by atoms with Crippen molar-refractivity contribution >= 4 is 22.7 Å². The van der Waals surface area contributed by atoms with Crippen molar-refractivity contribution in [3.8, 4) is 5.75 Å². The average molecular weight is 431 g/mol. The van der Waals surface area contributed by atoms with Gasteiger partial charge >= 0.3 is 0 Å². The van der Waals surface area contributed by atoms with Crippen molar-refractivity contribution in [2.45, 2.75) is 44.7 Å². The summed E-state index contributed by atoms with van der Waals surface area (Å²) < 4.78 is 11.4. The first kappa shape index (κ1) is 20.4. The molecule has 2 aliphatic rings. The number of benzene rings is 2. The van der Waals surface area contributed by atoms with Crippen molar-refractivity contribution in [3.05, 3.63) is 77.3 Å². The Kier molecular flexibility index (Phi) is 5.21. The Morgan fingerprint density at radius 2 is 1.91 bits per heavy atom. The van der Waals surface area contributed by atoms with Gasteiger partial charge in [0.2, 0.25) is 5.78 Å². The molecule has 2 heterocycles. The van der Waals surface area contributed by atoms with Crippen LogP contribution in [-0.4, -0.2) is 34.3 Å². The SMILES string of the molecule is CCOc1cccc(C2C(C(=O)c3cc4ccccc4o3)=C(O)C(=O)N2C2CCCC2)c1. The van der Waals surface area contributed by atoms with Gasteiger partial charge < -0.3 is 19.2 Å². The summed E-state index contributed by atoms with van der Waals surface area (Å²) in [6.07, 6.45) is 3.75. The highest BCUT2D eigenvalue weighted by molar-refractivity contribution is 6.16. The average Bonchev–Trinajstić information content (AvgIpc) is 3.53. The summed E-state index contributed by atoms with van der Waals surface area (Å²) in [5, 5.41) is 11.7. The first-order valence-electron chi connectivity index (χ1n) is 11.1. The second-order valence-electron chi connectivity index (χ2n) is 8.30. The van der Waals surface area contributed by atoms with Gasteiger partial charge in [-0.1, -0.05) is 43.2 Å². The van der Waals surface area contributed by atoms with Crippen molar-refractivity contribution in [2.24, 2.45) is 0 Å². The van der Waals surface area contributed by atoms with Crippen LogP contribution in [0.1, 0.15) is 54.8 Å². The molecular weight excluding hydrogens is 406 g/mol. The van der Waals surface area contributed by atoms with Crippen molar-refractivity contribution in [1.29, 1.82) is 0 Å². The normalized spacial score (nSPS) is 19.3. The number of fused-ring (bicyclic) bond motifs is 1. The number of Topliss-reactive ketones (excluding diaryl/α,β-unsaturated/α-hetero) is 1. The van der Waals surface area contributed by atoms with Crippen LogP contribution in [0.3, 0.4) is 0 Å². The van der Waals surface area contributed by atoms with E-state index in [1.807, 2.05) is 49.4 Å². The zero-order chi connectivity index (χ0) is 22.2. The number of ether oxygens (including phenoxy) is 1. The standard InChI is InChI=1S/C26H25NO5/c1-2-31-19-12-7-9-17(14-19)23-22(25(29)26(30)27(23)18-10-4-5-11-18)24(28)21-15-16-8-3-6-13-20(16)32-21/h3,6-9,12-15,18,23,29H,2,4-5,10-11H2,1H3. The van der Waals surface area contributed by atoms with Gasteiger partial charge in [-0.05, 0) is 49.6 Å².